The summed E-state index contributed by atoms with van der Waals surface area (Å²) in [5.41, 5.74) is 7.53. The van der Waals surface area contributed by atoms with Crippen LogP contribution in [-0.4, -0.2) is 21.6 Å². The summed E-state index contributed by atoms with van der Waals surface area (Å²) >= 11 is 3.27. The van der Waals surface area contributed by atoms with Crippen LogP contribution in [0.1, 0.15) is 21.5 Å². The number of halogens is 2. The number of nitrogens with two attached hydrogens (primary N) is 1. The minimum Gasteiger partial charge on any atom is -0.366 e. The van der Waals surface area contributed by atoms with Crippen LogP contribution in [0.5, 0.6) is 0 Å². The second-order valence-electron chi connectivity index (χ2n) is 5.98. The Morgan fingerprint density at radius 3 is 2.71 bits per heavy atom. The summed E-state index contributed by atoms with van der Waals surface area (Å²) in [6.07, 6.45) is 5.99. The van der Waals surface area contributed by atoms with Gasteiger partial charge in [-0.15, -0.1) is 0 Å². The number of rotatable bonds is 5. The third kappa shape index (κ3) is 4.34. The quantitative estimate of drug-likeness (QED) is 0.588. The minimum absolute atomic E-state index is 0.297. The van der Waals surface area contributed by atoms with E-state index in [4.69, 9.17) is 5.73 Å². The van der Waals surface area contributed by atoms with Crippen LogP contribution in [0.4, 0.5) is 10.1 Å². The van der Waals surface area contributed by atoms with E-state index >= 15 is 0 Å². The molecule has 0 saturated carbocycles. The van der Waals surface area contributed by atoms with Crippen molar-refractivity contribution < 1.29 is 14.0 Å². The molecule has 3 N–H and O–H groups in total. The molecule has 2 aromatic carbocycles. The number of carbonyl (C=O) groups excluding carboxylic acids is 2. The maximum atomic E-state index is 14.3. The van der Waals surface area contributed by atoms with Crippen LogP contribution in [0.15, 0.2) is 59.3 Å². The number of carbonyl (C=O) groups is 2. The Balaban J connectivity index is 1.74. The molecule has 0 spiro atoms. The van der Waals surface area contributed by atoms with Crippen molar-refractivity contribution in [2.45, 2.75) is 6.92 Å². The lowest BCUT2D eigenvalue weighted by atomic mass is 10.1. The number of benzene rings is 2. The molecule has 0 fully saturated rings. The zero-order valence-corrected chi connectivity index (χ0v) is 16.4. The lowest BCUT2D eigenvalue weighted by molar-refractivity contribution is -0.111. The van der Waals surface area contributed by atoms with Gasteiger partial charge in [0.1, 0.15) is 11.5 Å². The Morgan fingerprint density at radius 2 is 2.07 bits per heavy atom. The number of nitrogens with one attached hydrogen (secondary N) is 1. The van der Waals surface area contributed by atoms with E-state index in [9.17, 15) is 14.0 Å². The zero-order chi connectivity index (χ0) is 20.3. The second-order valence-corrected chi connectivity index (χ2v) is 6.89. The molecule has 0 unspecified atom stereocenters. The fourth-order valence-electron chi connectivity index (χ4n) is 2.63. The molecule has 0 aliphatic heterocycles. The van der Waals surface area contributed by atoms with Crippen molar-refractivity contribution in [3.63, 3.8) is 0 Å². The van der Waals surface area contributed by atoms with Gasteiger partial charge in [-0.3, -0.25) is 9.59 Å². The summed E-state index contributed by atoms with van der Waals surface area (Å²) in [4.78, 5) is 23.6. The summed E-state index contributed by atoms with van der Waals surface area (Å²) in [5, 5.41) is 6.72. The highest BCUT2D eigenvalue weighted by molar-refractivity contribution is 9.10. The molecule has 0 aliphatic rings. The van der Waals surface area contributed by atoms with Gasteiger partial charge in [0.2, 0.25) is 11.8 Å². The average molecular weight is 443 g/mol. The van der Waals surface area contributed by atoms with Gasteiger partial charge in [0.15, 0.2) is 0 Å². The SMILES string of the molecule is Cc1c(NC(=O)/C=C/c2ccc(-n3cc(Br)cn3)c(F)c2)cccc1C(N)=O. The number of aromatic nitrogens is 2. The number of hydrogen-bond donors (Lipinski definition) is 2. The summed E-state index contributed by atoms with van der Waals surface area (Å²) < 4.78 is 16.5. The molecule has 0 radical (unpaired) electrons. The first-order chi connectivity index (χ1) is 13.3. The first-order valence-electron chi connectivity index (χ1n) is 8.23. The lowest BCUT2D eigenvalue weighted by Crippen LogP contribution is -2.15. The standard InChI is InChI=1S/C20H16BrFN4O2/c1-12-15(20(23)28)3-2-4-17(12)25-19(27)8-6-13-5-7-18(16(22)9-13)26-11-14(21)10-24-26/h2-11H,1H3,(H2,23,28)(H,25,27)/b8-6+. The van der Waals surface area contributed by atoms with E-state index in [1.165, 1.54) is 22.9 Å². The van der Waals surface area contributed by atoms with Gasteiger partial charge in [0, 0.05) is 23.5 Å². The Morgan fingerprint density at radius 1 is 1.29 bits per heavy atom. The van der Waals surface area contributed by atoms with Crippen molar-refractivity contribution in [3.8, 4) is 5.69 Å². The van der Waals surface area contributed by atoms with Crippen LogP contribution in [0.2, 0.25) is 0 Å². The van der Waals surface area contributed by atoms with E-state index in [0.717, 1.165) is 4.47 Å². The Bertz CT molecular complexity index is 1090. The van der Waals surface area contributed by atoms with Gasteiger partial charge >= 0.3 is 0 Å². The van der Waals surface area contributed by atoms with E-state index < -0.39 is 17.6 Å². The van der Waals surface area contributed by atoms with Crippen LogP contribution in [-0.2, 0) is 4.79 Å². The number of nitrogens with zero attached hydrogens (tertiary/aromatic N) is 2. The van der Waals surface area contributed by atoms with Gasteiger partial charge in [-0.2, -0.15) is 5.10 Å². The number of primary amides is 1. The van der Waals surface area contributed by atoms with Crippen LogP contribution in [0.3, 0.4) is 0 Å². The van der Waals surface area contributed by atoms with Crippen molar-refractivity contribution in [1.29, 1.82) is 0 Å². The molecule has 0 aliphatic carbocycles. The van der Waals surface area contributed by atoms with E-state index in [0.29, 0.717) is 28.1 Å². The Hall–Kier alpha value is -3.26. The molecule has 0 saturated heterocycles. The van der Waals surface area contributed by atoms with Crippen molar-refractivity contribution in [2.75, 3.05) is 5.32 Å². The molecule has 0 bridgehead atoms. The summed E-state index contributed by atoms with van der Waals surface area (Å²) in [6.45, 7) is 1.70. The highest BCUT2D eigenvalue weighted by Gasteiger charge is 2.10. The highest BCUT2D eigenvalue weighted by Crippen LogP contribution is 2.20. The average Bonchev–Trinajstić information content (AvgIpc) is 3.07. The van der Waals surface area contributed by atoms with Gasteiger partial charge in [-0.05, 0) is 64.3 Å². The second kappa shape index (κ2) is 8.18. The molecule has 6 nitrogen and oxygen atoms in total. The number of amides is 2. The molecule has 8 heteroatoms. The van der Waals surface area contributed by atoms with Crippen LogP contribution >= 0.6 is 15.9 Å². The largest absolute Gasteiger partial charge is 0.366 e. The predicted octanol–water partition coefficient (Wildman–Crippen LogP) is 3.83. The molecule has 3 aromatic rings. The van der Waals surface area contributed by atoms with Gasteiger partial charge in [0.25, 0.3) is 0 Å². The van der Waals surface area contributed by atoms with Gasteiger partial charge < -0.3 is 11.1 Å². The maximum Gasteiger partial charge on any atom is 0.249 e. The van der Waals surface area contributed by atoms with Crippen LogP contribution in [0.25, 0.3) is 11.8 Å². The Kier molecular flexibility index (Phi) is 5.70. The van der Waals surface area contributed by atoms with Gasteiger partial charge in [0.05, 0.1) is 10.7 Å². The summed E-state index contributed by atoms with van der Waals surface area (Å²) in [6, 6.07) is 9.46. The lowest BCUT2D eigenvalue weighted by Gasteiger charge is -2.09. The fourth-order valence-corrected chi connectivity index (χ4v) is 2.92. The summed E-state index contributed by atoms with van der Waals surface area (Å²) in [7, 11) is 0. The third-order valence-electron chi connectivity index (χ3n) is 4.05. The van der Waals surface area contributed by atoms with E-state index in [2.05, 4.69) is 26.3 Å². The zero-order valence-electron chi connectivity index (χ0n) is 14.8. The van der Waals surface area contributed by atoms with Crippen LogP contribution < -0.4 is 11.1 Å². The van der Waals surface area contributed by atoms with Crippen molar-refractivity contribution >= 4 is 39.5 Å². The van der Waals surface area contributed by atoms with Crippen molar-refractivity contribution in [3.05, 3.63) is 81.8 Å². The van der Waals surface area contributed by atoms with Crippen molar-refractivity contribution in [2.24, 2.45) is 5.73 Å². The topological polar surface area (TPSA) is 90.0 Å². The predicted molar refractivity (Wildman–Crippen MR) is 109 cm³/mol. The Labute approximate surface area is 169 Å². The van der Waals surface area contributed by atoms with Gasteiger partial charge in [-0.25, -0.2) is 9.07 Å². The fraction of sp³-hybridized carbons (Fsp3) is 0.0500. The first-order valence-corrected chi connectivity index (χ1v) is 9.03. The highest BCUT2D eigenvalue weighted by atomic mass is 79.9. The monoisotopic (exact) mass is 442 g/mol. The molecule has 1 aromatic heterocycles. The first kappa shape index (κ1) is 19.5. The molecule has 28 heavy (non-hydrogen) atoms. The number of anilines is 1. The smallest absolute Gasteiger partial charge is 0.249 e. The molecular weight excluding hydrogens is 427 g/mol. The molecule has 2 amide bonds. The number of hydrogen-bond acceptors (Lipinski definition) is 3. The van der Waals surface area contributed by atoms with Crippen molar-refractivity contribution in [1.82, 2.24) is 9.78 Å². The molecule has 0 atom stereocenters. The van der Waals surface area contributed by atoms with E-state index in [1.807, 2.05) is 0 Å². The molecule has 142 valence electrons. The molecular formula is C20H16BrFN4O2. The summed E-state index contributed by atoms with van der Waals surface area (Å²) in [5.74, 6) is -1.45. The molecule has 1 heterocycles. The molecule has 3 rings (SSSR count). The third-order valence-corrected chi connectivity index (χ3v) is 4.46. The maximum absolute atomic E-state index is 14.3. The normalized spacial score (nSPS) is 11.0. The van der Waals surface area contributed by atoms with E-state index in [-0.39, 0.29) is 0 Å². The minimum atomic E-state index is -0.566. The van der Waals surface area contributed by atoms with Crippen LogP contribution in [0, 0.1) is 12.7 Å². The van der Waals surface area contributed by atoms with E-state index in [1.54, 1.807) is 49.6 Å². The van der Waals surface area contributed by atoms with Gasteiger partial charge in [-0.1, -0.05) is 12.1 Å².